The quantitative estimate of drug-likeness (QED) is 0.0172. The second-order valence-corrected chi connectivity index (χ2v) is 21.6. The third-order valence-electron chi connectivity index (χ3n) is 11.0. The molecule has 3 aliphatic rings. The van der Waals surface area contributed by atoms with Gasteiger partial charge in [-0.1, -0.05) is 6.42 Å². The van der Waals surface area contributed by atoms with Crippen LogP contribution in [0, 0.1) is 5.92 Å². The van der Waals surface area contributed by atoms with Crippen LogP contribution in [-0.4, -0.2) is 235 Å². The van der Waals surface area contributed by atoms with Crippen molar-refractivity contribution < 1.29 is 122 Å². The normalized spacial score (nSPS) is 27.1. The molecule has 0 aromatic rings. The van der Waals surface area contributed by atoms with E-state index in [0.29, 0.717) is 19.3 Å². The molecule has 408 valence electrons. The van der Waals surface area contributed by atoms with Gasteiger partial charge < -0.3 is 99.7 Å². The zero-order valence-corrected chi connectivity index (χ0v) is 42.8. The molecule has 0 saturated carbocycles. The van der Waals surface area contributed by atoms with Crippen LogP contribution >= 0.6 is 47.1 Å². The lowest BCUT2D eigenvalue weighted by molar-refractivity contribution is -0.297. The average molecular weight is 1200 g/mol. The summed E-state index contributed by atoms with van der Waals surface area (Å²) >= 11 is 6.13. The first kappa shape index (κ1) is 62.8. The Morgan fingerprint density at radius 3 is 1.76 bits per heavy atom. The first-order chi connectivity index (χ1) is 33.3. The molecule has 12 atom stereocenters. The Labute approximate surface area is 422 Å². The predicted molar refractivity (Wildman–Crippen MR) is 244 cm³/mol. The smallest absolute Gasteiger partial charge is 0.328 e. The fraction of sp³-hybridized carbons (Fsp3) is 0.789. The van der Waals surface area contributed by atoms with Crippen molar-refractivity contribution in [2.45, 2.75) is 112 Å². The van der Waals surface area contributed by atoms with Gasteiger partial charge in [-0.05, 0) is 57.5 Å². The van der Waals surface area contributed by atoms with Crippen molar-refractivity contribution in [3.05, 3.63) is 8.96 Å². The van der Waals surface area contributed by atoms with E-state index in [0.717, 1.165) is 4.90 Å². The molecule has 10 unspecified atom stereocenters. The van der Waals surface area contributed by atoms with Gasteiger partial charge in [0.1, 0.15) is 39.4 Å². The first-order valence-electron chi connectivity index (χ1n) is 22.1. The third-order valence-corrected chi connectivity index (χ3v) is 14.7. The van der Waals surface area contributed by atoms with Gasteiger partial charge >= 0.3 is 21.2 Å². The van der Waals surface area contributed by atoms with Gasteiger partial charge in [0, 0.05) is 25.9 Å². The number of amides is 5. The van der Waals surface area contributed by atoms with Gasteiger partial charge in [0.25, 0.3) is 11.8 Å². The number of carboxylic acids is 1. The number of aliphatic hydroxyl groups is 6. The van der Waals surface area contributed by atoms with Gasteiger partial charge in [0.05, 0.1) is 82.8 Å². The Hall–Kier alpha value is -2.46. The Bertz CT molecular complexity index is 1910. The minimum atomic E-state index is -4.62. The molecule has 33 heteroatoms. The van der Waals surface area contributed by atoms with E-state index >= 15 is 0 Å². The van der Waals surface area contributed by atoms with E-state index in [4.69, 9.17) is 28.4 Å². The highest BCUT2D eigenvalue weighted by Crippen LogP contribution is 2.39. The first-order valence-corrected chi connectivity index (χ1v) is 27.2. The fourth-order valence-corrected chi connectivity index (χ4v) is 8.98. The van der Waals surface area contributed by atoms with Crippen LogP contribution in [0.5, 0.6) is 0 Å². The lowest BCUT2D eigenvalue weighted by atomic mass is 9.90. The summed E-state index contributed by atoms with van der Waals surface area (Å²) in [5.41, 5.74) is 0. The molecule has 3 rings (SSSR count). The van der Waals surface area contributed by atoms with Crippen LogP contribution in [0.1, 0.15) is 44.9 Å². The van der Waals surface area contributed by atoms with E-state index in [1.54, 1.807) is 0 Å². The van der Waals surface area contributed by atoms with Crippen molar-refractivity contribution >= 4 is 82.6 Å². The van der Waals surface area contributed by atoms with Gasteiger partial charge in [0.15, 0.2) is 18.6 Å². The van der Waals surface area contributed by atoms with Crippen LogP contribution < -0.4 is 16.0 Å². The highest BCUT2D eigenvalue weighted by molar-refractivity contribution is 9.14. The Morgan fingerprint density at radius 2 is 1.20 bits per heavy atom. The van der Waals surface area contributed by atoms with E-state index in [1.807, 2.05) is 0 Å². The molecular formula is C38H62Br2N4O25P2. The number of aliphatic hydroxyl groups excluding tert-OH is 6. The molecule has 2 fully saturated rings. The highest BCUT2D eigenvalue weighted by atomic mass is 79.9. The number of imide groups is 1. The monoisotopic (exact) mass is 1190 g/mol. The standard InChI is InChI=1S/C38H62Br2N4O25P2/c39-26-27(40)35(55)44(34(26)54)9-3-1-2-4-24(46)41-8-11-65-13-12-64-10-5-25(47)42-20(17-66-37-19(16-45)28(48)29(49)22(68-37)6-14-70(58,59)60)33(53)43-21(36(56)57)18-67-38-32(52)31(51)30(50)23(69-38)7-15-71(61,62)63/h19-23,28-32,37-38,45,48-52H,1-18H2,(H,41,46)(H,42,47)(H,43,53)(H,56,57)(H2,58,59,60)(H2,61,62,63)/t19?,20?,21?,22?,23?,28?,29-,30?,31?,32?,37+,38?/m1/s1. The Morgan fingerprint density at radius 1 is 0.662 bits per heavy atom. The number of hydrogen-bond donors (Lipinski definition) is 14. The molecule has 71 heavy (non-hydrogen) atoms. The number of nitrogens with zero attached hydrogens (tertiary/aromatic N) is 1. The number of hydrogen-bond acceptors (Lipinski definition) is 20. The van der Waals surface area contributed by atoms with Crippen molar-refractivity contribution in [1.29, 1.82) is 0 Å². The molecule has 14 N–H and O–H groups in total. The molecule has 2 saturated heterocycles. The van der Waals surface area contributed by atoms with Crippen LogP contribution in [0.15, 0.2) is 8.96 Å². The van der Waals surface area contributed by atoms with Crippen LogP contribution in [-0.2, 0) is 66.3 Å². The van der Waals surface area contributed by atoms with Crippen LogP contribution in [0.4, 0.5) is 0 Å². The van der Waals surface area contributed by atoms with Gasteiger partial charge in [-0.25, -0.2) is 4.79 Å². The van der Waals surface area contributed by atoms with E-state index in [9.17, 15) is 93.2 Å². The van der Waals surface area contributed by atoms with E-state index in [1.165, 1.54) is 0 Å². The fourth-order valence-electron chi connectivity index (χ4n) is 7.04. The van der Waals surface area contributed by atoms with Gasteiger partial charge in [0.2, 0.25) is 17.7 Å². The number of ether oxygens (including phenoxy) is 6. The zero-order valence-electron chi connectivity index (χ0n) is 37.9. The number of halogens is 2. The minimum absolute atomic E-state index is 0.0159. The van der Waals surface area contributed by atoms with Crippen LogP contribution in [0.3, 0.4) is 0 Å². The molecule has 3 aliphatic heterocycles. The predicted octanol–water partition coefficient (Wildman–Crippen LogP) is -4.46. The maximum atomic E-state index is 13.6. The molecule has 0 aliphatic carbocycles. The molecule has 0 radical (unpaired) electrons. The zero-order chi connectivity index (χ0) is 53.2. The topological polar surface area (TPSA) is 454 Å². The van der Waals surface area contributed by atoms with E-state index < -0.39 is 170 Å². The second kappa shape index (κ2) is 30.2. The number of carbonyl (C=O) groups is 6. The molecule has 3 heterocycles. The Balaban J connectivity index is 1.52. The van der Waals surface area contributed by atoms with Crippen molar-refractivity contribution in [1.82, 2.24) is 20.9 Å². The van der Waals surface area contributed by atoms with Crippen molar-refractivity contribution in [3.8, 4) is 0 Å². The van der Waals surface area contributed by atoms with E-state index in [2.05, 4.69) is 47.8 Å². The highest BCUT2D eigenvalue weighted by Gasteiger charge is 2.47. The summed E-state index contributed by atoms with van der Waals surface area (Å²) in [5, 5.41) is 79.2. The number of unbranched alkanes of at least 4 members (excludes halogenated alkanes) is 2. The number of rotatable bonds is 32. The van der Waals surface area contributed by atoms with Gasteiger partial charge in [-0.15, -0.1) is 0 Å². The number of carboxylic acid groups (broad SMARTS) is 1. The van der Waals surface area contributed by atoms with Crippen molar-refractivity contribution in [2.75, 3.05) is 71.7 Å². The molecule has 0 aromatic carbocycles. The Kier molecular flexibility index (Phi) is 26.7. The summed E-state index contributed by atoms with van der Waals surface area (Å²) < 4.78 is 55.9. The second-order valence-electron chi connectivity index (χ2n) is 16.5. The molecule has 0 aromatic heterocycles. The molecule has 29 nitrogen and oxygen atoms in total. The third kappa shape index (κ3) is 21.0. The SMILES string of the molecule is O=C(CCCCCN1C(=O)C(Br)=C(Br)C1=O)NCCOCCOCCC(=O)NC(CO[C@H]1OC(CCP(=O)(O)O)[C@@H](O)C(O)C1CO)C(=O)NC(COC1OC(CCP(=O)(O)O)C(O)C(O)C1O)C(=O)O. The minimum Gasteiger partial charge on any atom is -0.480 e. The summed E-state index contributed by atoms with van der Waals surface area (Å²) in [5.74, 6) is -6.35. The van der Waals surface area contributed by atoms with Crippen LogP contribution in [0.25, 0.3) is 0 Å². The number of carbonyl (C=O) groups excluding carboxylic acids is 5. The average Bonchev–Trinajstić information content (AvgIpc) is 3.48. The maximum absolute atomic E-state index is 13.6. The lowest BCUT2D eigenvalue weighted by Gasteiger charge is -2.42. The summed E-state index contributed by atoms with van der Waals surface area (Å²) in [6.07, 6.45) is -17.0. The summed E-state index contributed by atoms with van der Waals surface area (Å²) in [4.78, 5) is 114. The summed E-state index contributed by atoms with van der Waals surface area (Å²) in [6.45, 7) is -2.46. The molecule has 0 bridgehead atoms. The number of aliphatic carboxylic acids is 1. The summed E-state index contributed by atoms with van der Waals surface area (Å²) in [6, 6.07) is -3.80. The molecule has 0 spiro atoms. The van der Waals surface area contributed by atoms with E-state index in [-0.39, 0.29) is 60.8 Å². The lowest BCUT2D eigenvalue weighted by Crippen LogP contribution is -2.60. The maximum Gasteiger partial charge on any atom is 0.328 e. The summed E-state index contributed by atoms with van der Waals surface area (Å²) in [7, 11) is -9.23. The molecular weight excluding hydrogens is 1130 g/mol. The largest absolute Gasteiger partial charge is 0.480 e. The van der Waals surface area contributed by atoms with Crippen molar-refractivity contribution in [2.24, 2.45) is 5.92 Å². The van der Waals surface area contributed by atoms with Crippen molar-refractivity contribution in [3.63, 3.8) is 0 Å². The van der Waals surface area contributed by atoms with Gasteiger partial charge in [-0.3, -0.25) is 38.0 Å². The van der Waals surface area contributed by atoms with Gasteiger partial charge in [-0.2, -0.15) is 0 Å². The molecule has 5 amide bonds. The number of nitrogens with one attached hydrogen (secondary N) is 3. The van der Waals surface area contributed by atoms with Crippen LogP contribution in [0.2, 0.25) is 0 Å².